The van der Waals surface area contributed by atoms with E-state index in [4.69, 9.17) is 4.98 Å². The average molecular weight is 341 g/mol. The largest absolute Gasteiger partial charge is 0.332 e. The molecule has 1 N–H and O–H groups in total. The fourth-order valence-electron chi connectivity index (χ4n) is 3.29. The molecule has 2 aromatic rings. The number of hydrogen-bond acceptors (Lipinski definition) is 4. The molecule has 1 atom stereocenters. The molecule has 1 aliphatic rings. The highest BCUT2D eigenvalue weighted by molar-refractivity contribution is 5.82. The molecule has 2 aromatic heterocycles. The molecule has 1 saturated heterocycles. The highest BCUT2D eigenvalue weighted by atomic mass is 16.2. The zero-order valence-corrected chi connectivity index (χ0v) is 15.8. The van der Waals surface area contributed by atoms with Crippen LogP contribution in [0, 0.1) is 19.3 Å². The van der Waals surface area contributed by atoms with E-state index in [0.717, 1.165) is 54.4 Å². The van der Waals surface area contributed by atoms with E-state index in [2.05, 4.69) is 15.2 Å². The van der Waals surface area contributed by atoms with E-state index in [-0.39, 0.29) is 11.9 Å². The summed E-state index contributed by atoms with van der Waals surface area (Å²) in [6.45, 7) is 10.6. The molecule has 0 aromatic carbocycles. The monoisotopic (exact) mass is 341 g/mol. The number of hydrogen-bond donors (Lipinski definition) is 1. The first-order valence-corrected chi connectivity index (χ1v) is 8.95. The number of aromatic nitrogens is 4. The summed E-state index contributed by atoms with van der Waals surface area (Å²) in [5.74, 6) is 0.896. The van der Waals surface area contributed by atoms with Gasteiger partial charge in [0.15, 0.2) is 5.82 Å². The number of carbonyl (C=O) groups is 1. The Bertz CT molecular complexity index is 774. The quantitative estimate of drug-likeness (QED) is 0.906. The van der Waals surface area contributed by atoms with E-state index in [0.29, 0.717) is 0 Å². The van der Waals surface area contributed by atoms with Gasteiger partial charge < -0.3 is 4.90 Å². The van der Waals surface area contributed by atoms with Gasteiger partial charge >= 0.3 is 0 Å². The number of aryl methyl sites for hydroxylation is 2. The number of carbonyl (C=O) groups excluding carboxylic acids is 1. The Labute approximate surface area is 149 Å². The van der Waals surface area contributed by atoms with Crippen molar-refractivity contribution in [3.63, 3.8) is 0 Å². The minimum absolute atomic E-state index is 0.0563. The topological polar surface area (TPSA) is 74.8 Å². The lowest BCUT2D eigenvalue weighted by Crippen LogP contribution is -2.44. The van der Waals surface area contributed by atoms with Crippen LogP contribution in [0.1, 0.15) is 63.3 Å². The van der Waals surface area contributed by atoms with E-state index in [1.54, 1.807) is 0 Å². The second-order valence-corrected chi connectivity index (χ2v) is 7.95. The van der Waals surface area contributed by atoms with Crippen LogP contribution in [-0.4, -0.2) is 37.5 Å². The summed E-state index contributed by atoms with van der Waals surface area (Å²) in [7, 11) is 0. The van der Waals surface area contributed by atoms with Gasteiger partial charge in [-0.3, -0.25) is 9.89 Å². The van der Waals surface area contributed by atoms with Crippen LogP contribution in [0.4, 0.5) is 0 Å². The van der Waals surface area contributed by atoms with Crippen molar-refractivity contribution in [1.82, 2.24) is 25.1 Å². The van der Waals surface area contributed by atoms with Crippen LogP contribution in [0.2, 0.25) is 0 Å². The van der Waals surface area contributed by atoms with Crippen molar-refractivity contribution in [3.05, 3.63) is 29.3 Å². The lowest BCUT2D eigenvalue weighted by Gasteiger charge is -2.38. The molecule has 0 radical (unpaired) electrons. The number of nitrogens with zero attached hydrogens (tertiary/aromatic N) is 4. The van der Waals surface area contributed by atoms with Crippen molar-refractivity contribution in [2.45, 2.75) is 59.9 Å². The number of rotatable bonds is 2. The molecule has 1 unspecified atom stereocenters. The lowest BCUT2D eigenvalue weighted by molar-refractivity contribution is -0.143. The minimum Gasteiger partial charge on any atom is -0.332 e. The predicted octanol–water partition coefficient (Wildman–Crippen LogP) is 3.58. The van der Waals surface area contributed by atoms with Gasteiger partial charge in [-0.05, 0) is 45.2 Å². The highest BCUT2D eigenvalue weighted by Gasteiger charge is 2.35. The molecule has 0 spiro atoms. The van der Waals surface area contributed by atoms with E-state index >= 15 is 0 Å². The molecular formula is C19H27N5O. The molecule has 6 heteroatoms. The highest BCUT2D eigenvalue weighted by Crippen LogP contribution is 2.33. The Balaban J connectivity index is 1.98. The van der Waals surface area contributed by atoms with Gasteiger partial charge in [-0.1, -0.05) is 20.8 Å². The molecule has 0 aliphatic carbocycles. The van der Waals surface area contributed by atoms with Crippen molar-refractivity contribution < 1.29 is 4.79 Å². The summed E-state index contributed by atoms with van der Waals surface area (Å²) in [5, 5.41) is 7.27. The molecule has 1 fully saturated rings. The van der Waals surface area contributed by atoms with Crippen molar-refractivity contribution in [2.75, 3.05) is 6.54 Å². The maximum absolute atomic E-state index is 12.9. The van der Waals surface area contributed by atoms with Crippen molar-refractivity contribution >= 4 is 5.91 Å². The van der Waals surface area contributed by atoms with Gasteiger partial charge in [0, 0.05) is 23.3 Å². The van der Waals surface area contributed by atoms with Crippen LogP contribution in [0.15, 0.2) is 12.1 Å². The van der Waals surface area contributed by atoms with Crippen molar-refractivity contribution in [2.24, 2.45) is 5.41 Å². The number of piperidine rings is 1. The Morgan fingerprint density at radius 2 is 1.92 bits per heavy atom. The van der Waals surface area contributed by atoms with E-state index in [9.17, 15) is 4.79 Å². The van der Waals surface area contributed by atoms with Crippen LogP contribution in [0.5, 0.6) is 0 Å². The molecule has 1 aliphatic heterocycles. The summed E-state index contributed by atoms with van der Waals surface area (Å²) in [5.41, 5.74) is 3.11. The molecule has 0 saturated carbocycles. The minimum atomic E-state index is -0.401. The number of aromatic amines is 1. The fourth-order valence-corrected chi connectivity index (χ4v) is 3.29. The van der Waals surface area contributed by atoms with E-state index in [1.807, 2.05) is 51.7 Å². The maximum Gasteiger partial charge on any atom is 0.228 e. The van der Waals surface area contributed by atoms with Crippen LogP contribution in [0.25, 0.3) is 11.4 Å². The molecule has 1 amide bonds. The molecule has 3 rings (SSSR count). The number of nitrogens with one attached hydrogen (secondary N) is 1. The summed E-state index contributed by atoms with van der Waals surface area (Å²) in [6.07, 6.45) is 3.03. The molecule has 134 valence electrons. The Kier molecular flexibility index (Phi) is 4.62. The smallest absolute Gasteiger partial charge is 0.228 e. The summed E-state index contributed by atoms with van der Waals surface area (Å²) in [6, 6.07) is 3.86. The van der Waals surface area contributed by atoms with Crippen LogP contribution in [-0.2, 0) is 4.79 Å². The third kappa shape index (κ3) is 3.72. The van der Waals surface area contributed by atoms with Gasteiger partial charge in [-0.25, -0.2) is 9.97 Å². The van der Waals surface area contributed by atoms with E-state index < -0.39 is 5.41 Å². The Hall–Kier alpha value is -2.24. The molecule has 25 heavy (non-hydrogen) atoms. The molecular weight excluding hydrogens is 314 g/mol. The summed E-state index contributed by atoms with van der Waals surface area (Å²) in [4.78, 5) is 24.3. The predicted molar refractivity (Wildman–Crippen MR) is 96.8 cm³/mol. The summed E-state index contributed by atoms with van der Waals surface area (Å²) < 4.78 is 0. The molecule has 6 nitrogen and oxygen atoms in total. The fraction of sp³-hybridized carbons (Fsp3) is 0.579. The zero-order chi connectivity index (χ0) is 18.2. The second-order valence-electron chi connectivity index (χ2n) is 7.95. The van der Waals surface area contributed by atoms with Gasteiger partial charge in [0.2, 0.25) is 5.91 Å². The lowest BCUT2D eigenvalue weighted by atomic mass is 9.91. The van der Waals surface area contributed by atoms with Gasteiger partial charge in [0.05, 0.1) is 11.7 Å². The normalized spacial score (nSPS) is 18.4. The number of likely N-dealkylation sites (tertiary alicyclic amines) is 1. The van der Waals surface area contributed by atoms with Gasteiger partial charge in [0.1, 0.15) is 5.69 Å². The standard InChI is InChI=1S/C19H27N5O/c1-12-10-14(15-11-13(2)22-23-15)21-17(20-12)16-8-6-7-9-24(16)18(25)19(3,4)5/h10-11,16H,6-9H2,1-5H3,(H,22,23). The summed E-state index contributed by atoms with van der Waals surface area (Å²) >= 11 is 0. The zero-order valence-electron chi connectivity index (χ0n) is 15.8. The maximum atomic E-state index is 12.9. The first-order valence-electron chi connectivity index (χ1n) is 8.95. The first kappa shape index (κ1) is 17.6. The van der Waals surface area contributed by atoms with Crippen LogP contribution < -0.4 is 0 Å². The Morgan fingerprint density at radius 1 is 1.16 bits per heavy atom. The second kappa shape index (κ2) is 6.58. The van der Waals surface area contributed by atoms with Gasteiger partial charge in [-0.2, -0.15) is 5.10 Å². The SMILES string of the molecule is Cc1cc(-c2cc(C)[nH]n2)nc(C2CCCCN2C(=O)C(C)(C)C)n1. The van der Waals surface area contributed by atoms with E-state index in [1.165, 1.54) is 0 Å². The number of amides is 1. The van der Waals surface area contributed by atoms with Crippen LogP contribution >= 0.6 is 0 Å². The van der Waals surface area contributed by atoms with Crippen molar-refractivity contribution in [3.8, 4) is 11.4 Å². The first-order chi connectivity index (χ1) is 11.8. The number of H-pyrrole nitrogens is 1. The third-order valence-corrected chi connectivity index (χ3v) is 4.54. The molecule has 3 heterocycles. The molecule has 0 bridgehead atoms. The Morgan fingerprint density at radius 3 is 2.56 bits per heavy atom. The average Bonchev–Trinajstić information content (AvgIpc) is 2.99. The third-order valence-electron chi connectivity index (χ3n) is 4.54. The van der Waals surface area contributed by atoms with Gasteiger partial charge in [0.25, 0.3) is 0 Å². The van der Waals surface area contributed by atoms with Crippen molar-refractivity contribution in [1.29, 1.82) is 0 Å². The van der Waals surface area contributed by atoms with Gasteiger partial charge in [-0.15, -0.1) is 0 Å². The van der Waals surface area contributed by atoms with Crippen LogP contribution in [0.3, 0.4) is 0 Å².